The van der Waals surface area contributed by atoms with Crippen LogP contribution in [-0.4, -0.2) is 21.9 Å². The first-order valence-electron chi connectivity index (χ1n) is 9.67. The molecule has 4 aromatic rings. The number of aryl methyl sites for hydroxylation is 1. The molecule has 0 amide bonds. The van der Waals surface area contributed by atoms with E-state index in [2.05, 4.69) is 22.1 Å². The summed E-state index contributed by atoms with van der Waals surface area (Å²) in [4.78, 5) is 30.3. The molecule has 30 heavy (non-hydrogen) atoms. The number of esters is 2. The highest BCUT2D eigenvalue weighted by atomic mass is 16.5. The molecule has 0 radical (unpaired) electrons. The molecule has 1 N–H and O–H groups in total. The maximum Gasteiger partial charge on any atom is 0.302 e. The quantitative estimate of drug-likeness (QED) is 0.484. The molecule has 0 aliphatic carbocycles. The number of aromatic amines is 1. The Morgan fingerprint density at radius 2 is 1.53 bits per heavy atom. The summed E-state index contributed by atoms with van der Waals surface area (Å²) in [6.45, 7) is 5.07. The Bertz CT molecular complexity index is 1240. The third-order valence-corrected chi connectivity index (χ3v) is 4.98. The molecule has 0 atom stereocenters. The molecule has 0 fully saturated rings. The lowest BCUT2D eigenvalue weighted by Gasteiger charge is -2.11. The van der Waals surface area contributed by atoms with Crippen molar-refractivity contribution < 1.29 is 19.1 Å². The molecule has 2 aromatic heterocycles. The first-order chi connectivity index (χ1) is 14.4. The van der Waals surface area contributed by atoms with Crippen LogP contribution in [0.5, 0.6) is 0 Å². The number of carbonyl (C=O) groups excluding carboxylic acids is 2. The van der Waals surface area contributed by atoms with Crippen molar-refractivity contribution in [3.05, 3.63) is 65.5 Å². The fraction of sp³-hybridized carbons (Fsp3) is 0.208. The zero-order valence-electron chi connectivity index (χ0n) is 17.1. The number of nitrogens with zero attached hydrogens (tertiary/aromatic N) is 1. The second kappa shape index (κ2) is 7.99. The predicted molar refractivity (Wildman–Crippen MR) is 115 cm³/mol. The smallest absolute Gasteiger partial charge is 0.302 e. The van der Waals surface area contributed by atoms with Gasteiger partial charge in [0.2, 0.25) is 0 Å². The van der Waals surface area contributed by atoms with Crippen LogP contribution in [0, 0.1) is 6.92 Å². The fourth-order valence-electron chi connectivity index (χ4n) is 3.60. The number of nitrogens with one attached hydrogen (secondary N) is 1. The topological polar surface area (TPSA) is 81.3 Å². The van der Waals surface area contributed by atoms with Gasteiger partial charge in [-0.05, 0) is 65.6 Å². The maximum absolute atomic E-state index is 11.2. The molecule has 0 aliphatic heterocycles. The molecule has 4 rings (SSSR count). The molecule has 6 nitrogen and oxygen atoms in total. The van der Waals surface area contributed by atoms with Gasteiger partial charge in [-0.25, -0.2) is 0 Å². The van der Waals surface area contributed by atoms with Crippen LogP contribution in [0.3, 0.4) is 0 Å². The summed E-state index contributed by atoms with van der Waals surface area (Å²) in [7, 11) is 0. The van der Waals surface area contributed by atoms with E-state index < -0.39 is 0 Å². The van der Waals surface area contributed by atoms with E-state index in [-0.39, 0.29) is 25.2 Å². The number of hydrogen-bond donors (Lipinski definition) is 1. The minimum absolute atomic E-state index is 0.163. The molecule has 0 saturated heterocycles. The monoisotopic (exact) mass is 402 g/mol. The summed E-state index contributed by atoms with van der Waals surface area (Å²) >= 11 is 0. The van der Waals surface area contributed by atoms with Gasteiger partial charge in [0.25, 0.3) is 0 Å². The van der Waals surface area contributed by atoms with Gasteiger partial charge in [-0.3, -0.25) is 14.6 Å². The van der Waals surface area contributed by atoms with E-state index in [1.165, 1.54) is 13.8 Å². The van der Waals surface area contributed by atoms with E-state index in [0.717, 1.165) is 49.8 Å². The van der Waals surface area contributed by atoms with Gasteiger partial charge in [0.1, 0.15) is 13.2 Å². The Labute approximate surface area is 173 Å². The Hall–Kier alpha value is -3.67. The number of H-pyrrole nitrogens is 1. The lowest BCUT2D eigenvalue weighted by molar-refractivity contribution is -0.142. The van der Waals surface area contributed by atoms with Crippen LogP contribution in [0.4, 0.5) is 0 Å². The van der Waals surface area contributed by atoms with Crippen LogP contribution in [0.25, 0.3) is 32.9 Å². The van der Waals surface area contributed by atoms with Crippen molar-refractivity contribution >= 4 is 33.7 Å². The highest BCUT2D eigenvalue weighted by Crippen LogP contribution is 2.31. The van der Waals surface area contributed by atoms with Crippen LogP contribution >= 0.6 is 0 Å². The molecule has 2 aromatic carbocycles. The highest BCUT2D eigenvalue weighted by molar-refractivity contribution is 6.09. The number of carbonyl (C=O) groups is 2. The number of rotatable bonds is 5. The largest absolute Gasteiger partial charge is 0.461 e. The first kappa shape index (κ1) is 19.6. The number of aromatic nitrogens is 2. The van der Waals surface area contributed by atoms with E-state index in [1.807, 2.05) is 43.5 Å². The van der Waals surface area contributed by atoms with Gasteiger partial charge >= 0.3 is 11.9 Å². The minimum atomic E-state index is -0.342. The Morgan fingerprint density at radius 1 is 0.867 bits per heavy atom. The number of hydrogen-bond acceptors (Lipinski definition) is 5. The van der Waals surface area contributed by atoms with E-state index in [0.29, 0.717) is 0 Å². The Kier molecular flexibility index (Phi) is 5.23. The van der Waals surface area contributed by atoms with Crippen molar-refractivity contribution in [1.82, 2.24) is 9.97 Å². The number of benzene rings is 2. The number of fused-ring (bicyclic) bond motifs is 3. The van der Waals surface area contributed by atoms with Crippen molar-refractivity contribution in [2.45, 2.75) is 34.0 Å². The van der Waals surface area contributed by atoms with E-state index in [9.17, 15) is 9.59 Å². The summed E-state index contributed by atoms with van der Waals surface area (Å²) in [6, 6.07) is 14.1. The lowest BCUT2D eigenvalue weighted by atomic mass is 9.98. The van der Waals surface area contributed by atoms with Gasteiger partial charge < -0.3 is 14.5 Å². The van der Waals surface area contributed by atoms with E-state index in [1.54, 1.807) is 0 Å². The second-order valence-electron chi connectivity index (χ2n) is 7.30. The van der Waals surface area contributed by atoms with Crippen molar-refractivity contribution in [2.24, 2.45) is 0 Å². The van der Waals surface area contributed by atoms with Gasteiger partial charge in [0.15, 0.2) is 0 Å². The van der Waals surface area contributed by atoms with Gasteiger partial charge in [-0.2, -0.15) is 0 Å². The zero-order chi connectivity index (χ0) is 21.3. The average Bonchev–Trinajstić information content (AvgIpc) is 3.10. The third kappa shape index (κ3) is 4.03. The molecule has 0 bridgehead atoms. The molecule has 6 heteroatoms. The fourth-order valence-corrected chi connectivity index (χ4v) is 3.60. The van der Waals surface area contributed by atoms with Crippen molar-refractivity contribution in [3.63, 3.8) is 0 Å². The maximum atomic E-state index is 11.2. The van der Waals surface area contributed by atoms with Gasteiger partial charge in [-0.1, -0.05) is 6.07 Å². The Morgan fingerprint density at radius 3 is 2.17 bits per heavy atom. The molecule has 0 spiro atoms. The Balaban J connectivity index is 1.79. The van der Waals surface area contributed by atoms with Crippen LogP contribution in [-0.2, 0) is 32.3 Å². The van der Waals surface area contributed by atoms with Crippen LogP contribution in [0.15, 0.2) is 48.7 Å². The van der Waals surface area contributed by atoms with Gasteiger partial charge in [0, 0.05) is 36.3 Å². The van der Waals surface area contributed by atoms with Crippen molar-refractivity contribution in [1.29, 1.82) is 0 Å². The zero-order valence-corrected chi connectivity index (χ0v) is 17.1. The highest BCUT2D eigenvalue weighted by Gasteiger charge is 2.11. The SMILES string of the molecule is CC(=O)OCc1cc(COC(C)=O)cc(-c2ccc3[nH]c4c(C)nccc4c3c2)c1. The van der Waals surface area contributed by atoms with E-state index in [4.69, 9.17) is 9.47 Å². The normalized spacial score (nSPS) is 11.0. The van der Waals surface area contributed by atoms with Crippen molar-refractivity contribution in [3.8, 4) is 11.1 Å². The lowest BCUT2D eigenvalue weighted by Crippen LogP contribution is -2.02. The first-order valence-corrected chi connectivity index (χ1v) is 9.67. The van der Waals surface area contributed by atoms with E-state index >= 15 is 0 Å². The summed E-state index contributed by atoms with van der Waals surface area (Å²) in [5.74, 6) is -0.683. The summed E-state index contributed by atoms with van der Waals surface area (Å²) in [5, 5.41) is 2.23. The minimum Gasteiger partial charge on any atom is -0.461 e. The molecular weight excluding hydrogens is 380 g/mol. The average molecular weight is 402 g/mol. The summed E-state index contributed by atoms with van der Waals surface area (Å²) in [6.07, 6.45) is 1.81. The molecule has 152 valence electrons. The van der Waals surface area contributed by atoms with Crippen LogP contribution in [0.2, 0.25) is 0 Å². The molecule has 0 aliphatic rings. The predicted octanol–water partition coefficient (Wildman–Crippen LogP) is 4.82. The standard InChI is InChI=1S/C24H22N2O4/c1-14-24-21(6-7-25-14)22-11-19(4-5-23(22)26-24)20-9-17(12-29-15(2)27)8-18(10-20)13-30-16(3)28/h4-11,26H,12-13H2,1-3H3. The van der Waals surface area contributed by atoms with Gasteiger partial charge in [0.05, 0.1) is 11.2 Å². The molecule has 0 unspecified atom stereocenters. The van der Waals surface area contributed by atoms with Gasteiger partial charge in [-0.15, -0.1) is 0 Å². The second-order valence-corrected chi connectivity index (χ2v) is 7.30. The summed E-state index contributed by atoms with van der Waals surface area (Å²) < 4.78 is 10.3. The summed E-state index contributed by atoms with van der Waals surface area (Å²) in [5.41, 5.74) is 6.69. The molecular formula is C24H22N2O4. The van der Waals surface area contributed by atoms with Crippen LogP contribution in [0.1, 0.15) is 30.7 Å². The van der Waals surface area contributed by atoms with Crippen molar-refractivity contribution in [2.75, 3.05) is 0 Å². The molecule has 2 heterocycles. The number of pyridine rings is 1. The molecule has 0 saturated carbocycles. The third-order valence-electron chi connectivity index (χ3n) is 4.98. The number of ether oxygens (including phenoxy) is 2. The van der Waals surface area contributed by atoms with Crippen LogP contribution < -0.4 is 0 Å².